The number of hydrogen-bond acceptors (Lipinski definition) is 9. The molecule has 1 aromatic rings. The Hall–Kier alpha value is -1.59. The highest BCUT2D eigenvalue weighted by Crippen LogP contribution is 2.26. The molecule has 0 fully saturated rings. The van der Waals surface area contributed by atoms with Gasteiger partial charge in [0, 0.05) is 12.5 Å². The highest BCUT2D eigenvalue weighted by atomic mass is 32.2. The zero-order valence-electron chi connectivity index (χ0n) is 10.0. The van der Waals surface area contributed by atoms with Crippen LogP contribution in [0.4, 0.5) is 0 Å². The van der Waals surface area contributed by atoms with Gasteiger partial charge in [0.05, 0.1) is 0 Å². The number of hydrogen-bond donors (Lipinski definition) is 2. The van der Waals surface area contributed by atoms with E-state index in [1.54, 1.807) is 0 Å². The minimum Gasteiger partial charge on any atom is -0.382 e. The first-order valence-electron chi connectivity index (χ1n) is 4.93. The second-order valence-corrected chi connectivity index (χ2v) is 7.93. The number of amidine groups is 1. The fraction of sp³-hybridized carbons (Fsp3) is 0.375. The number of sulfone groups is 2. The summed E-state index contributed by atoms with van der Waals surface area (Å²) in [5.41, 5.74) is 11.2. The summed E-state index contributed by atoms with van der Waals surface area (Å²) in [6.45, 7) is 0. The molecule has 0 spiro atoms. The number of fused-ring (bicyclic) bond motifs is 1. The van der Waals surface area contributed by atoms with Crippen molar-refractivity contribution in [2.45, 2.75) is 16.2 Å². The molecule has 104 valence electrons. The van der Waals surface area contributed by atoms with Crippen LogP contribution in [0.5, 0.6) is 0 Å². The Balaban J connectivity index is 2.89. The van der Waals surface area contributed by atoms with Crippen molar-refractivity contribution in [2.75, 3.05) is 12.5 Å². The molecule has 0 bridgehead atoms. The molecule has 2 rings (SSSR count). The molecule has 2 heterocycles. The van der Waals surface area contributed by atoms with Gasteiger partial charge in [-0.15, -0.1) is 0 Å². The van der Waals surface area contributed by atoms with E-state index >= 15 is 0 Å². The van der Waals surface area contributed by atoms with E-state index in [1.807, 2.05) is 0 Å². The predicted molar refractivity (Wildman–Crippen MR) is 65.9 cm³/mol. The number of nitrogens with zero attached hydrogens (tertiary/aromatic N) is 3. The Bertz CT molecular complexity index is 797. The van der Waals surface area contributed by atoms with Crippen LogP contribution in [0.3, 0.4) is 0 Å². The smallest absolute Gasteiger partial charge is 0.195 e. The highest BCUT2D eigenvalue weighted by Gasteiger charge is 2.32. The maximum atomic E-state index is 11.6. The van der Waals surface area contributed by atoms with Crippen molar-refractivity contribution in [1.82, 2.24) is 9.97 Å². The molecular weight excluding hydrogens is 294 g/mol. The van der Waals surface area contributed by atoms with Gasteiger partial charge in [0.25, 0.3) is 0 Å². The maximum Gasteiger partial charge on any atom is 0.195 e. The maximum absolute atomic E-state index is 11.6. The Labute approximate surface area is 109 Å². The zero-order chi connectivity index (χ0) is 14.6. The van der Waals surface area contributed by atoms with Crippen LogP contribution in [0.15, 0.2) is 15.0 Å². The Kier molecular flexibility index (Phi) is 2.88. The third-order valence-electron chi connectivity index (χ3n) is 2.36. The van der Waals surface area contributed by atoms with Crippen molar-refractivity contribution in [3.05, 3.63) is 11.4 Å². The number of rotatable bonds is 2. The van der Waals surface area contributed by atoms with Crippen LogP contribution in [0, 0.1) is 0 Å². The lowest BCUT2D eigenvalue weighted by molar-refractivity contribution is 0.574. The minimum atomic E-state index is -3.88. The lowest BCUT2D eigenvalue weighted by Gasteiger charge is -2.08. The second kappa shape index (κ2) is 3.95. The first kappa shape index (κ1) is 13.8. The van der Waals surface area contributed by atoms with Gasteiger partial charge >= 0.3 is 0 Å². The van der Waals surface area contributed by atoms with Crippen LogP contribution in [0.2, 0.25) is 0 Å². The van der Waals surface area contributed by atoms with Crippen molar-refractivity contribution in [1.29, 1.82) is 0 Å². The summed E-state index contributed by atoms with van der Waals surface area (Å²) in [5, 5.41) is -1.30. The Morgan fingerprint density at radius 3 is 1.95 bits per heavy atom. The van der Waals surface area contributed by atoms with Gasteiger partial charge in [0.2, 0.25) is 0 Å². The van der Waals surface area contributed by atoms with Crippen molar-refractivity contribution in [2.24, 2.45) is 16.5 Å². The summed E-state index contributed by atoms with van der Waals surface area (Å²) in [5.74, 6) is -0.0695. The summed E-state index contributed by atoms with van der Waals surface area (Å²) in [4.78, 5) is 11.3. The summed E-state index contributed by atoms with van der Waals surface area (Å²) in [6, 6.07) is 0. The van der Waals surface area contributed by atoms with Gasteiger partial charge in [-0.2, -0.15) is 0 Å². The van der Waals surface area contributed by atoms with Crippen LogP contribution in [-0.4, -0.2) is 45.2 Å². The van der Waals surface area contributed by atoms with Gasteiger partial charge in [0.15, 0.2) is 29.7 Å². The van der Waals surface area contributed by atoms with E-state index < -0.39 is 35.9 Å². The van der Waals surface area contributed by atoms with Crippen LogP contribution in [0.1, 0.15) is 17.6 Å². The molecule has 11 heteroatoms. The molecule has 0 aliphatic carbocycles. The summed E-state index contributed by atoms with van der Waals surface area (Å²) < 4.78 is 46.4. The summed E-state index contributed by atoms with van der Waals surface area (Å²) in [7, 11) is -7.76. The van der Waals surface area contributed by atoms with E-state index in [-0.39, 0.29) is 17.2 Å². The average Bonchev–Trinajstić information content (AvgIpc) is 2.50. The monoisotopic (exact) mass is 305 g/mol. The molecule has 0 aromatic carbocycles. The normalized spacial score (nSPS) is 19.1. The van der Waals surface area contributed by atoms with Crippen molar-refractivity contribution in [3.63, 3.8) is 0 Å². The lowest BCUT2D eigenvalue weighted by Crippen LogP contribution is -2.20. The second-order valence-electron chi connectivity index (χ2n) is 4.07. The van der Waals surface area contributed by atoms with E-state index in [4.69, 9.17) is 11.5 Å². The fourth-order valence-corrected chi connectivity index (χ4v) is 3.72. The standard InChI is InChI=1S/C8H11N5O4S2/c1-18(14,15)7-8(19(2,16)17)12-4-3(11-7)5(9)13-6(4)10/h5H,9H2,1-2H3,(H2,10,13). The van der Waals surface area contributed by atoms with E-state index in [2.05, 4.69) is 15.0 Å². The van der Waals surface area contributed by atoms with Crippen LogP contribution in [0.25, 0.3) is 0 Å². The van der Waals surface area contributed by atoms with Gasteiger partial charge in [-0.05, 0) is 0 Å². The molecule has 1 aromatic heterocycles. The lowest BCUT2D eigenvalue weighted by atomic mass is 10.3. The SMILES string of the molecule is CS(=O)(=O)c1nc2c(nc1S(C)(=O)=O)C(N)N=C2N. The number of aromatic nitrogens is 2. The predicted octanol–water partition coefficient (Wildman–Crippen LogP) is -2.04. The van der Waals surface area contributed by atoms with Crippen molar-refractivity contribution in [3.8, 4) is 0 Å². The molecule has 4 N–H and O–H groups in total. The molecule has 1 aliphatic heterocycles. The van der Waals surface area contributed by atoms with Crippen molar-refractivity contribution < 1.29 is 16.8 Å². The molecule has 0 saturated carbocycles. The molecule has 9 nitrogen and oxygen atoms in total. The first-order valence-corrected chi connectivity index (χ1v) is 8.71. The topological polar surface area (TPSA) is 158 Å². The van der Waals surface area contributed by atoms with Gasteiger partial charge in [0.1, 0.15) is 23.4 Å². The minimum absolute atomic E-state index is 0.000301. The molecule has 1 unspecified atom stereocenters. The Morgan fingerprint density at radius 1 is 1.00 bits per heavy atom. The summed E-state index contributed by atoms with van der Waals surface area (Å²) in [6.07, 6.45) is 0.722. The van der Waals surface area contributed by atoms with Crippen LogP contribution in [-0.2, 0) is 19.7 Å². The zero-order valence-corrected chi connectivity index (χ0v) is 11.7. The summed E-state index contributed by atoms with van der Waals surface area (Å²) >= 11 is 0. The molecule has 0 radical (unpaired) electrons. The first-order chi connectivity index (χ1) is 8.51. The molecule has 0 saturated heterocycles. The van der Waals surface area contributed by atoms with Gasteiger partial charge in [-0.25, -0.2) is 31.8 Å². The molecule has 1 atom stereocenters. The van der Waals surface area contributed by atoms with E-state index in [0.717, 1.165) is 12.5 Å². The molecule has 19 heavy (non-hydrogen) atoms. The van der Waals surface area contributed by atoms with Crippen molar-refractivity contribution >= 4 is 25.5 Å². The third kappa shape index (κ3) is 2.31. The van der Waals surface area contributed by atoms with Crippen LogP contribution < -0.4 is 11.5 Å². The number of aliphatic imine (C=N–C) groups is 1. The third-order valence-corrected chi connectivity index (χ3v) is 4.47. The average molecular weight is 305 g/mol. The van der Waals surface area contributed by atoms with Gasteiger partial charge in [-0.3, -0.25) is 0 Å². The fourth-order valence-electron chi connectivity index (χ4n) is 1.57. The largest absolute Gasteiger partial charge is 0.382 e. The Morgan fingerprint density at radius 2 is 1.47 bits per heavy atom. The van der Waals surface area contributed by atoms with E-state index in [9.17, 15) is 16.8 Å². The van der Waals surface area contributed by atoms with Gasteiger partial charge in [-0.1, -0.05) is 0 Å². The van der Waals surface area contributed by atoms with E-state index in [0.29, 0.717) is 0 Å². The quantitative estimate of drug-likeness (QED) is 0.632. The molecule has 0 amide bonds. The van der Waals surface area contributed by atoms with Crippen LogP contribution >= 0.6 is 0 Å². The van der Waals surface area contributed by atoms with Gasteiger partial charge < -0.3 is 11.5 Å². The molecule has 1 aliphatic rings. The highest BCUT2D eigenvalue weighted by molar-refractivity contribution is 7.93. The van der Waals surface area contributed by atoms with E-state index in [1.165, 1.54) is 0 Å². The number of nitrogens with two attached hydrogens (primary N) is 2. The molecular formula is C8H11N5O4S2.